The van der Waals surface area contributed by atoms with Crippen LogP contribution in [-0.2, 0) is 11.3 Å². The number of hydrogen-bond acceptors (Lipinski definition) is 3. The topological polar surface area (TPSA) is 61.9 Å². The number of carbonyl (C=O) groups excluding carboxylic acids is 2. The molecule has 1 unspecified atom stereocenters. The van der Waals surface area contributed by atoms with Crippen LogP contribution in [-0.4, -0.2) is 54.6 Å². The number of benzene rings is 2. The zero-order chi connectivity index (χ0) is 20.9. The Hall–Kier alpha value is -2.57. The van der Waals surface area contributed by atoms with Crippen LogP contribution in [0, 0.1) is 0 Å². The van der Waals surface area contributed by atoms with Crippen LogP contribution < -0.4 is 5.32 Å². The Morgan fingerprint density at radius 1 is 1.07 bits per heavy atom. The molecule has 6 nitrogen and oxygen atoms in total. The first-order valence-electron chi connectivity index (χ1n) is 10.4. The number of likely N-dealkylation sites (tertiary alicyclic amines) is 1. The molecular weight excluding hydrogens is 402 g/mol. The first kappa shape index (κ1) is 20.7. The molecule has 0 spiro atoms. The molecule has 0 bridgehead atoms. The minimum Gasteiger partial charge on any atom is -0.378 e. The van der Waals surface area contributed by atoms with Crippen molar-refractivity contribution in [2.75, 3.05) is 32.8 Å². The maximum Gasteiger partial charge on any atom is 0.318 e. The summed E-state index contributed by atoms with van der Waals surface area (Å²) in [7, 11) is 0. The van der Waals surface area contributed by atoms with Gasteiger partial charge in [-0.25, -0.2) is 4.79 Å². The summed E-state index contributed by atoms with van der Waals surface area (Å²) in [4.78, 5) is 29.2. The SMILES string of the molecule is O=C(c1cccc(CNC(=O)N2CCCC2c2cccc(Cl)c2)c1)N1CCOCC1. The lowest BCUT2D eigenvalue weighted by Crippen LogP contribution is -2.40. The minimum atomic E-state index is -0.0950. The van der Waals surface area contributed by atoms with Gasteiger partial charge >= 0.3 is 6.03 Å². The van der Waals surface area contributed by atoms with Crippen molar-refractivity contribution >= 4 is 23.5 Å². The monoisotopic (exact) mass is 427 g/mol. The second-order valence-electron chi connectivity index (χ2n) is 7.67. The van der Waals surface area contributed by atoms with Gasteiger partial charge in [-0.2, -0.15) is 0 Å². The molecule has 2 aliphatic heterocycles. The van der Waals surface area contributed by atoms with Crippen molar-refractivity contribution in [3.63, 3.8) is 0 Å². The van der Waals surface area contributed by atoms with Gasteiger partial charge in [-0.15, -0.1) is 0 Å². The van der Waals surface area contributed by atoms with Crippen molar-refractivity contribution in [1.82, 2.24) is 15.1 Å². The Labute approximate surface area is 181 Å². The van der Waals surface area contributed by atoms with Crippen LogP contribution in [0.3, 0.4) is 0 Å². The van der Waals surface area contributed by atoms with Gasteiger partial charge in [0.25, 0.3) is 5.91 Å². The average Bonchev–Trinajstić information content (AvgIpc) is 3.28. The number of nitrogens with zero attached hydrogens (tertiary/aromatic N) is 2. The van der Waals surface area contributed by atoms with Gasteiger partial charge in [0.1, 0.15) is 0 Å². The highest BCUT2D eigenvalue weighted by molar-refractivity contribution is 6.30. The molecule has 0 aliphatic carbocycles. The summed E-state index contributed by atoms with van der Waals surface area (Å²) in [5, 5.41) is 3.69. The second-order valence-corrected chi connectivity index (χ2v) is 8.11. The van der Waals surface area contributed by atoms with Crippen LogP contribution in [0.2, 0.25) is 5.02 Å². The Morgan fingerprint density at radius 2 is 1.87 bits per heavy atom. The van der Waals surface area contributed by atoms with Crippen molar-refractivity contribution in [2.45, 2.75) is 25.4 Å². The number of halogens is 1. The smallest absolute Gasteiger partial charge is 0.318 e. The lowest BCUT2D eigenvalue weighted by Gasteiger charge is -2.27. The predicted molar refractivity (Wildman–Crippen MR) is 116 cm³/mol. The minimum absolute atomic E-state index is 0.00652. The van der Waals surface area contributed by atoms with Gasteiger partial charge < -0.3 is 19.9 Å². The number of rotatable bonds is 4. The number of carbonyl (C=O) groups is 2. The Morgan fingerprint density at radius 3 is 2.67 bits per heavy atom. The fraction of sp³-hybridized carbons (Fsp3) is 0.391. The number of ether oxygens (including phenoxy) is 1. The predicted octanol–water partition coefficient (Wildman–Crippen LogP) is 3.86. The third-order valence-electron chi connectivity index (χ3n) is 5.66. The molecule has 2 heterocycles. The second kappa shape index (κ2) is 9.49. The van der Waals surface area contributed by atoms with Crippen molar-refractivity contribution < 1.29 is 14.3 Å². The number of urea groups is 1. The molecule has 0 aromatic heterocycles. The molecule has 1 atom stereocenters. The van der Waals surface area contributed by atoms with E-state index in [1.807, 2.05) is 53.4 Å². The molecule has 2 aliphatic rings. The van der Waals surface area contributed by atoms with Crippen molar-refractivity contribution in [3.8, 4) is 0 Å². The number of amides is 3. The van der Waals surface area contributed by atoms with Crippen LogP contribution in [0.1, 0.15) is 40.4 Å². The summed E-state index contributed by atoms with van der Waals surface area (Å²) in [5.74, 6) is 0.00652. The highest BCUT2D eigenvalue weighted by Crippen LogP contribution is 2.32. The van der Waals surface area contributed by atoms with E-state index in [4.69, 9.17) is 16.3 Å². The van der Waals surface area contributed by atoms with Crippen LogP contribution in [0.5, 0.6) is 0 Å². The molecule has 7 heteroatoms. The summed E-state index contributed by atoms with van der Waals surface area (Å²) >= 11 is 6.13. The van der Waals surface area contributed by atoms with E-state index in [1.165, 1.54) is 0 Å². The first-order valence-corrected chi connectivity index (χ1v) is 10.8. The van der Waals surface area contributed by atoms with Gasteiger partial charge in [0.15, 0.2) is 0 Å². The Balaban J connectivity index is 1.38. The quantitative estimate of drug-likeness (QED) is 0.805. The molecule has 2 aromatic carbocycles. The third-order valence-corrected chi connectivity index (χ3v) is 5.90. The van der Waals surface area contributed by atoms with Gasteiger partial charge in [-0.1, -0.05) is 35.9 Å². The molecule has 0 saturated carbocycles. The van der Waals surface area contributed by atoms with Crippen LogP contribution in [0.15, 0.2) is 48.5 Å². The zero-order valence-electron chi connectivity index (χ0n) is 16.9. The molecule has 30 heavy (non-hydrogen) atoms. The molecule has 3 amide bonds. The summed E-state index contributed by atoms with van der Waals surface area (Å²) in [6.07, 6.45) is 1.89. The highest BCUT2D eigenvalue weighted by Gasteiger charge is 2.30. The third kappa shape index (κ3) is 4.77. The first-order chi connectivity index (χ1) is 14.6. The lowest BCUT2D eigenvalue weighted by molar-refractivity contribution is 0.0303. The maximum absolute atomic E-state index is 12.8. The normalized spacial score (nSPS) is 19.0. The zero-order valence-corrected chi connectivity index (χ0v) is 17.6. The Kier molecular flexibility index (Phi) is 6.55. The van der Waals surface area contributed by atoms with E-state index in [1.54, 1.807) is 4.90 Å². The van der Waals surface area contributed by atoms with Crippen molar-refractivity contribution in [2.24, 2.45) is 0 Å². The van der Waals surface area contributed by atoms with E-state index in [0.717, 1.165) is 30.5 Å². The van der Waals surface area contributed by atoms with Gasteiger partial charge in [0, 0.05) is 36.8 Å². The number of morpholine rings is 1. The standard InChI is InChI=1S/C23H26ClN3O3/c24-20-7-2-5-18(15-20)21-8-3-9-27(21)23(29)25-16-17-4-1-6-19(14-17)22(28)26-10-12-30-13-11-26/h1-2,4-7,14-15,21H,3,8-13,16H2,(H,25,29). The van der Waals surface area contributed by atoms with Crippen molar-refractivity contribution in [1.29, 1.82) is 0 Å². The van der Waals surface area contributed by atoms with E-state index in [9.17, 15) is 9.59 Å². The molecule has 158 valence electrons. The molecule has 4 rings (SSSR count). The highest BCUT2D eigenvalue weighted by atomic mass is 35.5. The molecule has 1 N–H and O–H groups in total. The summed E-state index contributed by atoms with van der Waals surface area (Å²) in [6.45, 7) is 3.47. The molecule has 2 aromatic rings. The largest absolute Gasteiger partial charge is 0.378 e. The summed E-state index contributed by atoms with van der Waals surface area (Å²) < 4.78 is 5.32. The maximum atomic E-state index is 12.8. The lowest BCUT2D eigenvalue weighted by atomic mass is 10.0. The fourth-order valence-corrected chi connectivity index (χ4v) is 4.31. The number of nitrogens with one attached hydrogen (secondary N) is 1. The summed E-state index contributed by atoms with van der Waals surface area (Å²) in [6, 6.07) is 15.1. The van der Waals surface area contributed by atoms with Gasteiger partial charge in [0.05, 0.1) is 19.3 Å². The molecule has 0 radical (unpaired) electrons. The molecule has 2 saturated heterocycles. The molecule has 2 fully saturated rings. The van der Waals surface area contributed by atoms with E-state index in [-0.39, 0.29) is 18.0 Å². The summed E-state index contributed by atoms with van der Waals surface area (Å²) in [5.41, 5.74) is 2.61. The van der Waals surface area contributed by atoms with E-state index < -0.39 is 0 Å². The van der Waals surface area contributed by atoms with E-state index in [0.29, 0.717) is 43.4 Å². The van der Waals surface area contributed by atoms with Crippen LogP contribution >= 0.6 is 11.6 Å². The van der Waals surface area contributed by atoms with E-state index in [2.05, 4.69) is 5.32 Å². The van der Waals surface area contributed by atoms with Crippen LogP contribution in [0.25, 0.3) is 0 Å². The number of hydrogen-bond donors (Lipinski definition) is 1. The van der Waals surface area contributed by atoms with Crippen LogP contribution in [0.4, 0.5) is 4.79 Å². The van der Waals surface area contributed by atoms with E-state index >= 15 is 0 Å². The Bertz CT molecular complexity index is 914. The van der Waals surface area contributed by atoms with Crippen molar-refractivity contribution in [3.05, 3.63) is 70.2 Å². The van der Waals surface area contributed by atoms with Gasteiger partial charge in [-0.05, 0) is 48.2 Å². The van der Waals surface area contributed by atoms with Gasteiger partial charge in [0.2, 0.25) is 0 Å². The molecular formula is C23H26ClN3O3. The average molecular weight is 428 g/mol. The van der Waals surface area contributed by atoms with Gasteiger partial charge in [-0.3, -0.25) is 4.79 Å². The fourth-order valence-electron chi connectivity index (χ4n) is 4.11.